The maximum absolute atomic E-state index is 12.9. The standard InChI is InChI=1S/C19H22FN3O2/c1-2-21-19(23-12-15-3-6-16(20)7-4-15)22-10-9-14-5-8-17-18(11-14)25-13-24-17/h3-8,11H,2,9-10,12-13H2,1H3,(H2,21,22,23). The first-order chi connectivity index (χ1) is 12.2. The molecule has 1 heterocycles. The van der Waals surface area contributed by atoms with Gasteiger partial charge in [-0.2, -0.15) is 0 Å². The van der Waals surface area contributed by atoms with Gasteiger partial charge in [0.1, 0.15) is 5.82 Å². The highest BCUT2D eigenvalue weighted by Crippen LogP contribution is 2.32. The molecule has 5 nitrogen and oxygen atoms in total. The molecular weight excluding hydrogens is 321 g/mol. The number of benzene rings is 2. The molecule has 0 spiro atoms. The van der Waals surface area contributed by atoms with Gasteiger partial charge >= 0.3 is 0 Å². The van der Waals surface area contributed by atoms with E-state index in [-0.39, 0.29) is 12.6 Å². The van der Waals surface area contributed by atoms with Crippen LogP contribution in [0.15, 0.2) is 47.5 Å². The number of hydrogen-bond donors (Lipinski definition) is 2. The molecule has 0 radical (unpaired) electrons. The number of fused-ring (bicyclic) bond motifs is 1. The highest BCUT2D eigenvalue weighted by Gasteiger charge is 2.12. The number of aliphatic imine (C=N–C) groups is 1. The Labute approximate surface area is 146 Å². The van der Waals surface area contributed by atoms with Gasteiger partial charge in [0.15, 0.2) is 17.5 Å². The van der Waals surface area contributed by atoms with E-state index in [2.05, 4.69) is 15.6 Å². The van der Waals surface area contributed by atoms with E-state index in [9.17, 15) is 4.39 Å². The fourth-order valence-electron chi connectivity index (χ4n) is 2.52. The van der Waals surface area contributed by atoms with Crippen LogP contribution in [0, 0.1) is 5.82 Å². The molecule has 0 aliphatic carbocycles. The summed E-state index contributed by atoms with van der Waals surface area (Å²) in [4.78, 5) is 4.53. The molecule has 0 saturated heterocycles. The van der Waals surface area contributed by atoms with E-state index >= 15 is 0 Å². The Bertz CT molecular complexity index is 732. The number of nitrogens with one attached hydrogen (secondary N) is 2. The summed E-state index contributed by atoms with van der Waals surface area (Å²) in [6, 6.07) is 12.4. The van der Waals surface area contributed by atoms with Gasteiger partial charge in [-0.1, -0.05) is 18.2 Å². The molecule has 0 fully saturated rings. The molecular formula is C19H22FN3O2. The van der Waals surface area contributed by atoms with Crippen LogP contribution in [0.4, 0.5) is 4.39 Å². The SMILES string of the molecule is CCNC(=NCc1ccc(F)cc1)NCCc1ccc2c(c1)OCO2. The lowest BCUT2D eigenvalue weighted by Crippen LogP contribution is -2.38. The maximum Gasteiger partial charge on any atom is 0.231 e. The summed E-state index contributed by atoms with van der Waals surface area (Å²) in [7, 11) is 0. The molecule has 0 aromatic heterocycles. The zero-order chi connectivity index (χ0) is 17.5. The van der Waals surface area contributed by atoms with Gasteiger partial charge in [-0.05, 0) is 48.7 Å². The second-order valence-electron chi connectivity index (χ2n) is 5.69. The number of rotatable bonds is 6. The monoisotopic (exact) mass is 343 g/mol. The third-order valence-corrected chi connectivity index (χ3v) is 3.82. The summed E-state index contributed by atoms with van der Waals surface area (Å²) < 4.78 is 23.7. The Kier molecular flexibility index (Phi) is 5.72. The van der Waals surface area contributed by atoms with Crippen LogP contribution in [0.2, 0.25) is 0 Å². The molecule has 2 N–H and O–H groups in total. The van der Waals surface area contributed by atoms with Gasteiger partial charge in [0.25, 0.3) is 0 Å². The minimum absolute atomic E-state index is 0.235. The van der Waals surface area contributed by atoms with Crippen LogP contribution in [-0.2, 0) is 13.0 Å². The Balaban J connectivity index is 1.52. The summed E-state index contributed by atoms with van der Waals surface area (Å²) in [6.07, 6.45) is 0.845. The Morgan fingerprint density at radius 2 is 1.80 bits per heavy atom. The van der Waals surface area contributed by atoms with E-state index in [1.54, 1.807) is 12.1 Å². The lowest BCUT2D eigenvalue weighted by atomic mass is 10.1. The van der Waals surface area contributed by atoms with Gasteiger partial charge in [-0.15, -0.1) is 0 Å². The average molecular weight is 343 g/mol. The number of halogens is 1. The molecule has 2 aromatic carbocycles. The fraction of sp³-hybridized carbons (Fsp3) is 0.316. The normalized spacial score (nSPS) is 13.0. The van der Waals surface area contributed by atoms with Crippen LogP contribution in [0.5, 0.6) is 11.5 Å². The van der Waals surface area contributed by atoms with E-state index in [1.165, 1.54) is 17.7 Å². The average Bonchev–Trinajstić information content (AvgIpc) is 3.09. The minimum atomic E-state index is -0.235. The molecule has 0 amide bonds. The first kappa shape index (κ1) is 17.1. The summed E-state index contributed by atoms with van der Waals surface area (Å²) in [5, 5.41) is 6.52. The number of ether oxygens (including phenoxy) is 2. The molecule has 0 atom stereocenters. The summed E-state index contributed by atoms with van der Waals surface area (Å²) >= 11 is 0. The van der Waals surface area contributed by atoms with Crippen molar-refractivity contribution in [1.29, 1.82) is 0 Å². The van der Waals surface area contributed by atoms with Crippen LogP contribution in [0.1, 0.15) is 18.1 Å². The van der Waals surface area contributed by atoms with Crippen molar-refractivity contribution in [2.75, 3.05) is 19.9 Å². The third kappa shape index (κ3) is 4.86. The van der Waals surface area contributed by atoms with Gasteiger partial charge in [0, 0.05) is 13.1 Å². The molecule has 132 valence electrons. The van der Waals surface area contributed by atoms with Crippen molar-refractivity contribution in [2.24, 2.45) is 4.99 Å². The van der Waals surface area contributed by atoms with Crippen molar-refractivity contribution in [3.8, 4) is 11.5 Å². The van der Waals surface area contributed by atoms with E-state index < -0.39 is 0 Å². The molecule has 3 rings (SSSR count). The number of guanidine groups is 1. The van der Waals surface area contributed by atoms with Gasteiger partial charge in [-0.3, -0.25) is 0 Å². The minimum Gasteiger partial charge on any atom is -0.454 e. The first-order valence-electron chi connectivity index (χ1n) is 8.40. The predicted octanol–water partition coefficient (Wildman–Crippen LogP) is 2.85. The molecule has 1 aliphatic rings. The molecule has 0 unspecified atom stereocenters. The van der Waals surface area contributed by atoms with Crippen LogP contribution in [-0.4, -0.2) is 25.8 Å². The van der Waals surface area contributed by atoms with Crippen molar-refractivity contribution in [2.45, 2.75) is 19.9 Å². The van der Waals surface area contributed by atoms with Crippen LogP contribution in [0.25, 0.3) is 0 Å². The molecule has 0 bridgehead atoms. The zero-order valence-electron chi connectivity index (χ0n) is 14.2. The summed E-state index contributed by atoms with van der Waals surface area (Å²) in [6.45, 7) is 4.33. The second-order valence-corrected chi connectivity index (χ2v) is 5.69. The number of nitrogens with zero attached hydrogens (tertiary/aromatic N) is 1. The van der Waals surface area contributed by atoms with Crippen molar-refractivity contribution in [1.82, 2.24) is 10.6 Å². The van der Waals surface area contributed by atoms with Gasteiger partial charge < -0.3 is 20.1 Å². The van der Waals surface area contributed by atoms with E-state index in [4.69, 9.17) is 9.47 Å². The Morgan fingerprint density at radius 1 is 1.04 bits per heavy atom. The molecule has 25 heavy (non-hydrogen) atoms. The highest BCUT2D eigenvalue weighted by atomic mass is 19.1. The Hall–Kier alpha value is -2.76. The van der Waals surface area contributed by atoms with Crippen LogP contribution >= 0.6 is 0 Å². The fourth-order valence-corrected chi connectivity index (χ4v) is 2.52. The van der Waals surface area contributed by atoms with Gasteiger partial charge in [-0.25, -0.2) is 9.38 Å². The topological polar surface area (TPSA) is 54.9 Å². The Morgan fingerprint density at radius 3 is 2.60 bits per heavy atom. The van der Waals surface area contributed by atoms with Gasteiger partial charge in [0.05, 0.1) is 6.54 Å². The lowest BCUT2D eigenvalue weighted by molar-refractivity contribution is 0.174. The summed E-state index contributed by atoms with van der Waals surface area (Å²) in [5.74, 6) is 2.11. The molecule has 0 saturated carbocycles. The van der Waals surface area contributed by atoms with E-state index in [0.717, 1.165) is 42.5 Å². The smallest absolute Gasteiger partial charge is 0.231 e. The van der Waals surface area contributed by atoms with Crippen molar-refractivity contribution >= 4 is 5.96 Å². The zero-order valence-corrected chi connectivity index (χ0v) is 14.2. The lowest BCUT2D eigenvalue weighted by Gasteiger charge is -2.11. The third-order valence-electron chi connectivity index (χ3n) is 3.82. The van der Waals surface area contributed by atoms with Gasteiger partial charge in [0.2, 0.25) is 6.79 Å². The summed E-state index contributed by atoms with van der Waals surface area (Å²) in [5.41, 5.74) is 2.14. The first-order valence-corrected chi connectivity index (χ1v) is 8.40. The molecule has 1 aliphatic heterocycles. The number of hydrogen-bond acceptors (Lipinski definition) is 3. The van der Waals surface area contributed by atoms with Crippen molar-refractivity contribution < 1.29 is 13.9 Å². The predicted molar refractivity (Wildman–Crippen MR) is 95.5 cm³/mol. The quantitative estimate of drug-likeness (QED) is 0.626. The van der Waals surface area contributed by atoms with Crippen molar-refractivity contribution in [3.63, 3.8) is 0 Å². The molecule has 6 heteroatoms. The van der Waals surface area contributed by atoms with Crippen molar-refractivity contribution in [3.05, 3.63) is 59.4 Å². The van der Waals surface area contributed by atoms with E-state index in [0.29, 0.717) is 6.54 Å². The maximum atomic E-state index is 12.9. The highest BCUT2D eigenvalue weighted by molar-refractivity contribution is 5.79. The van der Waals surface area contributed by atoms with Crippen LogP contribution < -0.4 is 20.1 Å². The van der Waals surface area contributed by atoms with Crippen LogP contribution in [0.3, 0.4) is 0 Å². The largest absolute Gasteiger partial charge is 0.454 e. The second kappa shape index (κ2) is 8.37. The van der Waals surface area contributed by atoms with E-state index in [1.807, 2.05) is 25.1 Å². The molecule has 2 aromatic rings.